The summed E-state index contributed by atoms with van der Waals surface area (Å²) in [7, 11) is 0. The molecule has 2 aromatic heterocycles. The minimum absolute atomic E-state index is 0.0851. The highest BCUT2D eigenvalue weighted by atomic mass is 35.5. The number of rotatable bonds is 3. The fourth-order valence-electron chi connectivity index (χ4n) is 3.42. The van der Waals surface area contributed by atoms with Crippen molar-refractivity contribution in [2.24, 2.45) is 0 Å². The number of aromatic nitrogens is 2. The highest BCUT2D eigenvalue weighted by Gasteiger charge is 2.26. The lowest BCUT2D eigenvalue weighted by Gasteiger charge is -2.26. The van der Waals surface area contributed by atoms with Crippen LogP contribution in [0.3, 0.4) is 0 Å². The lowest BCUT2D eigenvalue weighted by Crippen LogP contribution is -2.29. The number of nitrogens with one attached hydrogen (secondary N) is 2. The van der Waals surface area contributed by atoms with Crippen molar-refractivity contribution in [3.05, 3.63) is 64.6 Å². The SMILES string of the molecule is OC(N[C@@H]1CCCc2c1[nH]c1ccc(Cl)cc21)c1ccccn1. The van der Waals surface area contributed by atoms with Crippen molar-refractivity contribution >= 4 is 22.5 Å². The van der Waals surface area contributed by atoms with E-state index in [-0.39, 0.29) is 6.04 Å². The van der Waals surface area contributed by atoms with E-state index in [0.717, 1.165) is 35.5 Å². The minimum Gasteiger partial charge on any atom is -0.373 e. The number of hydrogen-bond donors (Lipinski definition) is 3. The largest absolute Gasteiger partial charge is 0.373 e. The Morgan fingerprint density at radius 3 is 3.04 bits per heavy atom. The van der Waals surface area contributed by atoms with Gasteiger partial charge in [0.15, 0.2) is 0 Å². The molecule has 0 bridgehead atoms. The van der Waals surface area contributed by atoms with E-state index in [1.54, 1.807) is 6.20 Å². The molecule has 2 atom stereocenters. The second-order valence-corrected chi connectivity index (χ2v) is 6.41. The van der Waals surface area contributed by atoms with E-state index in [4.69, 9.17) is 11.6 Å². The Bertz CT molecular complexity index is 831. The maximum Gasteiger partial charge on any atom is 0.148 e. The van der Waals surface area contributed by atoms with Gasteiger partial charge in [0.1, 0.15) is 6.23 Å². The number of aliphatic hydroxyl groups excluding tert-OH is 1. The Hall–Kier alpha value is -1.88. The van der Waals surface area contributed by atoms with Crippen molar-refractivity contribution in [3.63, 3.8) is 0 Å². The third kappa shape index (κ3) is 2.74. The van der Waals surface area contributed by atoms with Crippen molar-refractivity contribution in [2.75, 3.05) is 0 Å². The average Bonchev–Trinajstić information content (AvgIpc) is 2.95. The quantitative estimate of drug-likeness (QED) is 0.640. The van der Waals surface area contributed by atoms with E-state index in [2.05, 4.69) is 15.3 Å². The van der Waals surface area contributed by atoms with Crippen LogP contribution in [0.25, 0.3) is 10.9 Å². The highest BCUT2D eigenvalue weighted by molar-refractivity contribution is 6.31. The number of fused-ring (bicyclic) bond motifs is 3. The van der Waals surface area contributed by atoms with Gasteiger partial charge in [-0.25, -0.2) is 0 Å². The van der Waals surface area contributed by atoms with Crippen molar-refractivity contribution in [1.29, 1.82) is 0 Å². The van der Waals surface area contributed by atoms with Gasteiger partial charge in [-0.1, -0.05) is 17.7 Å². The van der Waals surface area contributed by atoms with Gasteiger partial charge in [-0.3, -0.25) is 10.3 Å². The molecule has 3 N–H and O–H groups in total. The van der Waals surface area contributed by atoms with Gasteiger partial charge in [0.05, 0.1) is 11.7 Å². The summed E-state index contributed by atoms with van der Waals surface area (Å²) in [4.78, 5) is 7.71. The maximum absolute atomic E-state index is 10.4. The van der Waals surface area contributed by atoms with Crippen molar-refractivity contribution in [3.8, 4) is 0 Å². The van der Waals surface area contributed by atoms with Crippen LogP contribution in [-0.2, 0) is 6.42 Å². The molecule has 118 valence electrons. The Balaban J connectivity index is 1.66. The number of aromatic amines is 1. The van der Waals surface area contributed by atoms with E-state index >= 15 is 0 Å². The first-order chi connectivity index (χ1) is 11.2. The first-order valence-electron chi connectivity index (χ1n) is 7.87. The van der Waals surface area contributed by atoms with E-state index in [0.29, 0.717) is 5.69 Å². The molecule has 0 aliphatic heterocycles. The molecule has 0 saturated heterocycles. The van der Waals surface area contributed by atoms with Gasteiger partial charge in [-0.15, -0.1) is 0 Å². The molecule has 3 aromatic rings. The number of hydrogen-bond acceptors (Lipinski definition) is 3. The molecular weight excluding hydrogens is 310 g/mol. The first kappa shape index (κ1) is 14.7. The van der Waals surface area contributed by atoms with Gasteiger partial charge in [-0.2, -0.15) is 0 Å². The number of H-pyrrole nitrogens is 1. The molecule has 1 aromatic carbocycles. The van der Waals surface area contributed by atoms with E-state index in [9.17, 15) is 5.11 Å². The summed E-state index contributed by atoms with van der Waals surface area (Å²) in [5.74, 6) is 0. The summed E-state index contributed by atoms with van der Waals surface area (Å²) >= 11 is 6.14. The Kier molecular flexibility index (Phi) is 3.81. The van der Waals surface area contributed by atoms with Gasteiger partial charge in [0.2, 0.25) is 0 Å². The zero-order valence-corrected chi connectivity index (χ0v) is 13.3. The second kappa shape index (κ2) is 5.96. The predicted octanol–water partition coefficient (Wildman–Crippen LogP) is 3.87. The van der Waals surface area contributed by atoms with E-state index < -0.39 is 6.23 Å². The zero-order valence-electron chi connectivity index (χ0n) is 12.6. The molecule has 4 rings (SSSR count). The number of nitrogens with zero attached hydrogens (tertiary/aromatic N) is 1. The van der Waals surface area contributed by atoms with Crippen LogP contribution in [0.4, 0.5) is 0 Å². The number of pyridine rings is 1. The van der Waals surface area contributed by atoms with Crippen LogP contribution in [0.5, 0.6) is 0 Å². The third-order valence-corrected chi connectivity index (χ3v) is 4.73. The zero-order chi connectivity index (χ0) is 15.8. The molecule has 0 spiro atoms. The minimum atomic E-state index is -0.776. The fourth-order valence-corrected chi connectivity index (χ4v) is 3.59. The molecule has 1 aliphatic rings. The van der Waals surface area contributed by atoms with Crippen LogP contribution >= 0.6 is 11.6 Å². The van der Waals surface area contributed by atoms with Crippen LogP contribution in [0.15, 0.2) is 42.6 Å². The average molecular weight is 328 g/mol. The topological polar surface area (TPSA) is 60.9 Å². The molecule has 4 nitrogen and oxygen atoms in total. The second-order valence-electron chi connectivity index (χ2n) is 5.98. The molecule has 23 heavy (non-hydrogen) atoms. The summed E-state index contributed by atoms with van der Waals surface area (Å²) in [5.41, 5.74) is 4.20. The predicted molar refractivity (Wildman–Crippen MR) is 91.3 cm³/mol. The van der Waals surface area contributed by atoms with E-state index in [1.165, 1.54) is 10.9 Å². The standard InChI is InChI=1S/C18H18ClN3O/c19-11-7-8-14-13(10-11)12-4-3-6-15(17(12)21-14)22-18(23)16-5-1-2-9-20-16/h1-2,5,7-10,15,18,21-23H,3-4,6H2/t15-,18?/m1/s1. The smallest absolute Gasteiger partial charge is 0.148 e. The normalized spacial score (nSPS) is 18.8. The maximum atomic E-state index is 10.4. The number of aryl methyl sites for hydroxylation is 1. The summed E-state index contributed by atoms with van der Waals surface area (Å²) in [5, 5.41) is 15.6. The molecule has 0 fully saturated rings. The van der Waals surface area contributed by atoms with Crippen LogP contribution < -0.4 is 5.32 Å². The first-order valence-corrected chi connectivity index (χ1v) is 8.25. The highest BCUT2D eigenvalue weighted by Crippen LogP contribution is 2.36. The lowest BCUT2D eigenvalue weighted by atomic mass is 9.91. The number of benzene rings is 1. The Morgan fingerprint density at radius 1 is 1.30 bits per heavy atom. The lowest BCUT2D eigenvalue weighted by molar-refractivity contribution is 0.114. The summed E-state index contributed by atoms with van der Waals surface area (Å²) in [6.45, 7) is 0. The molecule has 2 heterocycles. The molecule has 0 amide bonds. The molecule has 0 saturated carbocycles. The van der Waals surface area contributed by atoms with Gasteiger partial charge in [0.25, 0.3) is 0 Å². The van der Waals surface area contributed by atoms with Crippen LogP contribution in [-0.4, -0.2) is 15.1 Å². The van der Waals surface area contributed by atoms with Crippen molar-refractivity contribution in [2.45, 2.75) is 31.5 Å². The summed E-state index contributed by atoms with van der Waals surface area (Å²) in [6.07, 6.45) is 4.02. The van der Waals surface area contributed by atoms with Crippen LogP contribution in [0, 0.1) is 0 Å². The number of aliphatic hydroxyl groups is 1. The third-order valence-electron chi connectivity index (χ3n) is 4.50. The van der Waals surface area contributed by atoms with Crippen LogP contribution in [0.1, 0.15) is 42.1 Å². The van der Waals surface area contributed by atoms with Crippen molar-refractivity contribution < 1.29 is 5.11 Å². The fraction of sp³-hybridized carbons (Fsp3) is 0.278. The summed E-state index contributed by atoms with van der Waals surface area (Å²) in [6, 6.07) is 11.6. The molecule has 1 aliphatic carbocycles. The number of halogens is 1. The summed E-state index contributed by atoms with van der Waals surface area (Å²) < 4.78 is 0. The Labute approximate surface area is 139 Å². The van der Waals surface area contributed by atoms with Gasteiger partial charge in [-0.05, 0) is 55.2 Å². The van der Waals surface area contributed by atoms with Crippen molar-refractivity contribution in [1.82, 2.24) is 15.3 Å². The molecule has 0 radical (unpaired) electrons. The van der Waals surface area contributed by atoms with Gasteiger partial charge in [0, 0.05) is 27.8 Å². The monoisotopic (exact) mass is 327 g/mol. The van der Waals surface area contributed by atoms with Gasteiger partial charge < -0.3 is 10.1 Å². The van der Waals surface area contributed by atoms with Gasteiger partial charge >= 0.3 is 0 Å². The molecule has 1 unspecified atom stereocenters. The Morgan fingerprint density at radius 2 is 2.22 bits per heavy atom. The molecular formula is C18H18ClN3O. The van der Waals surface area contributed by atoms with E-state index in [1.807, 2.05) is 36.4 Å². The van der Waals surface area contributed by atoms with Crippen LogP contribution in [0.2, 0.25) is 5.02 Å². The molecule has 5 heteroatoms.